The zero-order valence-electron chi connectivity index (χ0n) is 9.99. The fraction of sp³-hybridized carbons (Fsp3) is 0.455. The molecule has 90 valence electrons. The van der Waals surface area contributed by atoms with Crippen molar-refractivity contribution in [3.63, 3.8) is 0 Å². The molecule has 3 nitrogen and oxygen atoms in total. The van der Waals surface area contributed by atoms with Gasteiger partial charge < -0.3 is 13.3 Å². The Morgan fingerprint density at radius 2 is 1.44 bits per heavy atom. The van der Waals surface area contributed by atoms with E-state index in [2.05, 4.69) is 53.8 Å². The van der Waals surface area contributed by atoms with E-state index in [-0.39, 0.29) is 5.54 Å². The molecule has 0 amide bonds. The SMILES string of the molecule is CO[Si](OC)(OC)C(C)c1ccc(I)cc1. The van der Waals surface area contributed by atoms with Gasteiger partial charge in [0.05, 0.1) is 5.54 Å². The van der Waals surface area contributed by atoms with Crippen molar-refractivity contribution in [1.82, 2.24) is 0 Å². The van der Waals surface area contributed by atoms with Crippen LogP contribution in [0.4, 0.5) is 0 Å². The fourth-order valence-corrected chi connectivity index (χ4v) is 4.26. The van der Waals surface area contributed by atoms with Gasteiger partial charge in [0, 0.05) is 24.9 Å². The van der Waals surface area contributed by atoms with E-state index in [0.29, 0.717) is 0 Å². The van der Waals surface area contributed by atoms with Gasteiger partial charge in [-0.15, -0.1) is 0 Å². The third-order valence-electron chi connectivity index (χ3n) is 2.75. The van der Waals surface area contributed by atoms with E-state index in [4.69, 9.17) is 13.3 Å². The van der Waals surface area contributed by atoms with Crippen molar-refractivity contribution >= 4 is 31.4 Å². The van der Waals surface area contributed by atoms with Crippen LogP contribution in [0.25, 0.3) is 0 Å². The molecule has 0 aliphatic heterocycles. The lowest BCUT2D eigenvalue weighted by Gasteiger charge is -2.30. The standard InChI is InChI=1S/C11H17IO3Si/c1-9(16(13-2,14-3)15-4)10-5-7-11(12)8-6-10/h5-9H,1-4H3. The van der Waals surface area contributed by atoms with Crippen LogP contribution >= 0.6 is 22.6 Å². The van der Waals surface area contributed by atoms with E-state index in [9.17, 15) is 0 Å². The van der Waals surface area contributed by atoms with Crippen molar-refractivity contribution in [3.05, 3.63) is 33.4 Å². The van der Waals surface area contributed by atoms with Crippen LogP contribution in [0.3, 0.4) is 0 Å². The Hall–Kier alpha value is 0.0469. The largest absolute Gasteiger partial charge is 0.507 e. The third kappa shape index (κ3) is 2.83. The molecule has 0 radical (unpaired) electrons. The van der Waals surface area contributed by atoms with Crippen LogP contribution in [-0.4, -0.2) is 30.1 Å². The van der Waals surface area contributed by atoms with Crippen molar-refractivity contribution in [1.29, 1.82) is 0 Å². The highest BCUT2D eigenvalue weighted by molar-refractivity contribution is 14.1. The average molecular weight is 352 g/mol. The monoisotopic (exact) mass is 352 g/mol. The van der Waals surface area contributed by atoms with Crippen molar-refractivity contribution < 1.29 is 13.3 Å². The highest BCUT2D eigenvalue weighted by Crippen LogP contribution is 2.28. The van der Waals surface area contributed by atoms with E-state index in [1.807, 2.05) is 0 Å². The number of rotatable bonds is 5. The van der Waals surface area contributed by atoms with Gasteiger partial charge in [-0.1, -0.05) is 19.1 Å². The van der Waals surface area contributed by atoms with Gasteiger partial charge in [0.1, 0.15) is 0 Å². The maximum absolute atomic E-state index is 5.48. The summed E-state index contributed by atoms with van der Waals surface area (Å²) in [5.41, 5.74) is 1.31. The molecule has 0 fully saturated rings. The summed E-state index contributed by atoms with van der Waals surface area (Å²) in [5.74, 6) is 0. The fourth-order valence-electron chi connectivity index (χ4n) is 1.74. The normalized spacial score (nSPS) is 13.8. The first kappa shape index (κ1) is 14.1. The molecular weight excluding hydrogens is 335 g/mol. The van der Waals surface area contributed by atoms with Crippen LogP contribution in [0, 0.1) is 3.57 Å². The van der Waals surface area contributed by atoms with Gasteiger partial charge in [-0.2, -0.15) is 0 Å². The molecule has 5 heteroatoms. The van der Waals surface area contributed by atoms with Gasteiger partial charge in [-0.05, 0) is 40.3 Å². The number of benzene rings is 1. The van der Waals surface area contributed by atoms with E-state index in [0.717, 1.165) is 0 Å². The smallest absolute Gasteiger partial charge is 0.376 e. The predicted molar refractivity (Wildman–Crippen MR) is 74.4 cm³/mol. The maximum atomic E-state index is 5.48. The molecule has 0 aromatic heterocycles. The minimum atomic E-state index is -2.58. The summed E-state index contributed by atoms with van der Waals surface area (Å²) in [6, 6.07) is 8.33. The minimum Gasteiger partial charge on any atom is -0.376 e. The molecule has 16 heavy (non-hydrogen) atoms. The molecule has 0 saturated heterocycles. The van der Waals surface area contributed by atoms with Crippen LogP contribution in [0.2, 0.25) is 0 Å². The first-order valence-corrected chi connectivity index (χ1v) is 7.88. The second-order valence-corrected chi connectivity index (χ2v) is 8.03. The first-order chi connectivity index (χ1) is 7.59. The van der Waals surface area contributed by atoms with Gasteiger partial charge in [-0.25, -0.2) is 0 Å². The molecule has 1 aromatic rings. The molecule has 1 unspecified atom stereocenters. The van der Waals surface area contributed by atoms with E-state index in [1.165, 1.54) is 9.13 Å². The second-order valence-electron chi connectivity index (χ2n) is 3.49. The summed E-state index contributed by atoms with van der Waals surface area (Å²) >= 11 is 2.29. The van der Waals surface area contributed by atoms with Gasteiger partial charge in [0.15, 0.2) is 0 Å². The number of hydrogen-bond donors (Lipinski definition) is 0. The highest BCUT2D eigenvalue weighted by Gasteiger charge is 2.45. The molecule has 1 aromatic carbocycles. The molecule has 0 spiro atoms. The zero-order chi connectivity index (χ0) is 12.2. The van der Waals surface area contributed by atoms with E-state index >= 15 is 0 Å². The lowest BCUT2D eigenvalue weighted by Crippen LogP contribution is -2.48. The van der Waals surface area contributed by atoms with Gasteiger partial charge >= 0.3 is 8.80 Å². The molecule has 0 saturated carbocycles. The van der Waals surface area contributed by atoms with Gasteiger partial charge in [0.25, 0.3) is 0 Å². The molecule has 1 atom stereocenters. The van der Waals surface area contributed by atoms with E-state index in [1.54, 1.807) is 21.3 Å². The Balaban J connectivity index is 2.98. The summed E-state index contributed by atoms with van der Waals surface area (Å²) in [7, 11) is 2.34. The lowest BCUT2D eigenvalue weighted by molar-refractivity contribution is 0.114. The van der Waals surface area contributed by atoms with Crippen LogP contribution < -0.4 is 0 Å². The molecule has 0 heterocycles. The van der Waals surface area contributed by atoms with Crippen LogP contribution in [-0.2, 0) is 13.3 Å². The van der Waals surface area contributed by atoms with Gasteiger partial charge in [0.2, 0.25) is 0 Å². The third-order valence-corrected chi connectivity index (χ3v) is 6.57. The van der Waals surface area contributed by atoms with Crippen LogP contribution in [0.1, 0.15) is 18.0 Å². The zero-order valence-corrected chi connectivity index (χ0v) is 13.1. The molecule has 0 aliphatic rings. The second kappa shape index (κ2) is 6.11. The first-order valence-electron chi connectivity index (χ1n) is 5.00. The van der Waals surface area contributed by atoms with Crippen molar-refractivity contribution in [3.8, 4) is 0 Å². The van der Waals surface area contributed by atoms with Crippen molar-refractivity contribution in [2.45, 2.75) is 12.5 Å². The molecule has 0 aliphatic carbocycles. The molecule has 0 bridgehead atoms. The maximum Gasteiger partial charge on any atom is 0.507 e. The minimum absolute atomic E-state index is 0.129. The summed E-state index contributed by atoms with van der Waals surface area (Å²) in [6.07, 6.45) is 0. The quantitative estimate of drug-likeness (QED) is 0.603. The van der Waals surface area contributed by atoms with Gasteiger partial charge in [-0.3, -0.25) is 0 Å². The Kier molecular flexibility index (Phi) is 5.39. The summed E-state index contributed by atoms with van der Waals surface area (Å²) < 4.78 is 17.6. The Morgan fingerprint density at radius 1 is 1.00 bits per heavy atom. The molecule has 0 N–H and O–H groups in total. The number of halogens is 1. The molecular formula is C11H17IO3Si. The summed E-state index contributed by atoms with van der Waals surface area (Å²) in [5, 5.41) is 0. The Bertz CT molecular complexity index is 316. The topological polar surface area (TPSA) is 27.7 Å². The number of hydrogen-bond acceptors (Lipinski definition) is 3. The Labute approximate surface area is 112 Å². The van der Waals surface area contributed by atoms with Crippen molar-refractivity contribution in [2.24, 2.45) is 0 Å². The summed E-state index contributed by atoms with van der Waals surface area (Å²) in [4.78, 5) is 0. The van der Waals surface area contributed by atoms with Crippen LogP contribution in [0.5, 0.6) is 0 Å². The Morgan fingerprint density at radius 3 is 1.81 bits per heavy atom. The molecule has 1 rings (SSSR count). The summed E-state index contributed by atoms with van der Waals surface area (Å²) in [6.45, 7) is 2.07. The van der Waals surface area contributed by atoms with E-state index < -0.39 is 8.80 Å². The van der Waals surface area contributed by atoms with Crippen LogP contribution in [0.15, 0.2) is 24.3 Å². The lowest BCUT2D eigenvalue weighted by atomic mass is 10.2. The van der Waals surface area contributed by atoms with Crippen molar-refractivity contribution in [2.75, 3.05) is 21.3 Å². The average Bonchev–Trinajstić information content (AvgIpc) is 2.33. The predicted octanol–water partition coefficient (Wildman–Crippen LogP) is 2.81. The highest BCUT2D eigenvalue weighted by atomic mass is 127.